The summed E-state index contributed by atoms with van der Waals surface area (Å²) in [5.74, 6) is 0.403. The Bertz CT molecular complexity index is 973. The van der Waals surface area contributed by atoms with Crippen molar-refractivity contribution >= 4 is 25.9 Å². The summed E-state index contributed by atoms with van der Waals surface area (Å²) in [5.41, 5.74) is 11.9. The third-order valence-electron chi connectivity index (χ3n) is 6.45. The molecule has 1 fully saturated rings. The highest BCUT2D eigenvalue weighted by Crippen LogP contribution is 2.41. The van der Waals surface area contributed by atoms with E-state index >= 15 is 0 Å². The number of aliphatic hydroxyl groups excluding tert-OH is 1. The molecule has 0 radical (unpaired) electrons. The number of fused-ring (bicyclic) bond motifs is 1. The molecule has 1 aromatic rings. The number of nitrogens with two attached hydrogens (primary N) is 2. The molecule has 1 aromatic heterocycles. The summed E-state index contributed by atoms with van der Waals surface area (Å²) in [6.07, 6.45) is -0.246. The first-order valence-corrected chi connectivity index (χ1v) is 13.9. The normalized spacial score (nSPS) is 26.9. The fourth-order valence-corrected chi connectivity index (χ4v) is 4.80. The summed E-state index contributed by atoms with van der Waals surface area (Å²) in [6.45, 7) is 4.15. The van der Waals surface area contributed by atoms with Crippen molar-refractivity contribution in [2.75, 3.05) is 25.0 Å². The SMILES string of the molecule is CCC(CC(=O)NCCN)CC(CC)OC1C(COP(=O)(O)O)OC(n2cnc3c2NC=NC3N)C1O. The van der Waals surface area contributed by atoms with Gasteiger partial charge in [0.05, 0.1) is 25.4 Å². The van der Waals surface area contributed by atoms with Crippen LogP contribution in [-0.4, -0.2) is 80.8 Å². The summed E-state index contributed by atoms with van der Waals surface area (Å²) in [4.78, 5) is 38.9. The highest BCUT2D eigenvalue weighted by atomic mass is 31.2. The van der Waals surface area contributed by atoms with Crippen LogP contribution in [-0.2, 0) is 23.4 Å². The molecular formula is C21H38N7O8P. The Hall–Kier alpha value is -1.94. The lowest BCUT2D eigenvalue weighted by Crippen LogP contribution is -2.40. The van der Waals surface area contributed by atoms with Gasteiger partial charge < -0.3 is 46.5 Å². The minimum atomic E-state index is -4.80. The number of nitrogens with zero attached hydrogens (tertiary/aromatic N) is 3. The molecule has 210 valence electrons. The first-order chi connectivity index (χ1) is 17.6. The maximum absolute atomic E-state index is 12.2. The molecule has 16 heteroatoms. The molecule has 7 atom stereocenters. The molecule has 0 bridgehead atoms. The average Bonchev–Trinajstić information content (AvgIpc) is 3.41. The predicted molar refractivity (Wildman–Crippen MR) is 133 cm³/mol. The molecule has 0 aromatic carbocycles. The van der Waals surface area contributed by atoms with Gasteiger partial charge in [0.25, 0.3) is 0 Å². The minimum absolute atomic E-state index is 0.0217. The van der Waals surface area contributed by atoms with Crippen LogP contribution in [0, 0.1) is 5.92 Å². The van der Waals surface area contributed by atoms with Crippen LogP contribution in [0.3, 0.4) is 0 Å². The number of anilines is 1. The zero-order valence-corrected chi connectivity index (χ0v) is 21.9. The number of phosphoric ester groups is 1. The van der Waals surface area contributed by atoms with Crippen LogP contribution < -0.4 is 22.1 Å². The fraction of sp³-hybridized carbons (Fsp3) is 0.762. The van der Waals surface area contributed by atoms with Gasteiger partial charge in [0.1, 0.15) is 36.0 Å². The number of nitrogens with one attached hydrogen (secondary N) is 2. The highest BCUT2D eigenvalue weighted by molar-refractivity contribution is 7.46. The number of imidazole rings is 1. The largest absolute Gasteiger partial charge is 0.469 e. The van der Waals surface area contributed by atoms with E-state index < -0.39 is 45.1 Å². The Balaban J connectivity index is 1.76. The highest BCUT2D eigenvalue weighted by Gasteiger charge is 2.48. The molecule has 7 unspecified atom stereocenters. The van der Waals surface area contributed by atoms with Gasteiger partial charge in [-0.3, -0.25) is 18.9 Å². The Labute approximate surface area is 215 Å². The third kappa shape index (κ3) is 7.78. The van der Waals surface area contributed by atoms with Gasteiger partial charge in [0.2, 0.25) is 5.91 Å². The molecule has 1 amide bonds. The van der Waals surface area contributed by atoms with Crippen molar-refractivity contribution in [1.82, 2.24) is 14.9 Å². The van der Waals surface area contributed by atoms with Crippen molar-refractivity contribution in [2.45, 2.75) is 76.3 Å². The minimum Gasteiger partial charge on any atom is -0.386 e. The Morgan fingerprint density at radius 3 is 2.78 bits per heavy atom. The van der Waals surface area contributed by atoms with Gasteiger partial charge in [0.15, 0.2) is 6.23 Å². The molecule has 37 heavy (non-hydrogen) atoms. The summed E-state index contributed by atoms with van der Waals surface area (Å²) in [6, 6.07) is 0. The molecule has 1 saturated heterocycles. The van der Waals surface area contributed by atoms with Gasteiger partial charge in [-0.1, -0.05) is 20.3 Å². The van der Waals surface area contributed by atoms with Crippen LogP contribution in [0.2, 0.25) is 0 Å². The maximum Gasteiger partial charge on any atom is 0.469 e. The van der Waals surface area contributed by atoms with Crippen molar-refractivity contribution in [3.63, 3.8) is 0 Å². The van der Waals surface area contributed by atoms with E-state index in [4.69, 9.17) is 25.5 Å². The van der Waals surface area contributed by atoms with Gasteiger partial charge in [0, 0.05) is 19.5 Å². The Kier molecular flexibility index (Phi) is 10.6. The van der Waals surface area contributed by atoms with E-state index in [1.807, 2.05) is 13.8 Å². The summed E-state index contributed by atoms with van der Waals surface area (Å²) < 4.78 is 29.9. The number of hydrogen-bond acceptors (Lipinski definition) is 11. The number of aliphatic hydroxyl groups is 1. The van der Waals surface area contributed by atoms with E-state index in [2.05, 4.69) is 20.6 Å². The van der Waals surface area contributed by atoms with Crippen molar-refractivity contribution in [2.24, 2.45) is 22.4 Å². The molecule has 9 N–H and O–H groups in total. The molecule has 2 aliphatic rings. The number of aromatic nitrogens is 2. The number of ether oxygens (including phenoxy) is 2. The number of carbonyl (C=O) groups excluding carboxylic acids is 1. The van der Waals surface area contributed by atoms with Crippen LogP contribution in [0.4, 0.5) is 5.82 Å². The molecule has 3 rings (SSSR count). The van der Waals surface area contributed by atoms with E-state index in [1.165, 1.54) is 17.2 Å². The first-order valence-electron chi connectivity index (χ1n) is 12.3. The molecule has 15 nitrogen and oxygen atoms in total. The number of hydrogen-bond donors (Lipinski definition) is 7. The van der Waals surface area contributed by atoms with Gasteiger partial charge in [-0.25, -0.2) is 9.55 Å². The maximum atomic E-state index is 12.2. The van der Waals surface area contributed by atoms with Gasteiger partial charge in [-0.15, -0.1) is 0 Å². The second-order valence-electron chi connectivity index (χ2n) is 9.08. The molecule has 3 heterocycles. The van der Waals surface area contributed by atoms with Gasteiger partial charge in [-0.05, 0) is 18.8 Å². The molecular weight excluding hydrogens is 509 g/mol. The van der Waals surface area contributed by atoms with Gasteiger partial charge >= 0.3 is 7.82 Å². The molecule has 2 aliphatic heterocycles. The van der Waals surface area contributed by atoms with Gasteiger partial charge in [-0.2, -0.15) is 0 Å². The topological polar surface area (TPSA) is 229 Å². The van der Waals surface area contributed by atoms with E-state index in [-0.39, 0.29) is 17.9 Å². The quantitative estimate of drug-likeness (QED) is 0.149. The summed E-state index contributed by atoms with van der Waals surface area (Å²) in [7, 11) is -4.80. The lowest BCUT2D eigenvalue weighted by molar-refractivity contribution is -0.123. The third-order valence-corrected chi connectivity index (χ3v) is 6.93. The zero-order chi connectivity index (χ0) is 27.2. The number of rotatable bonds is 14. The van der Waals surface area contributed by atoms with Crippen molar-refractivity contribution in [3.05, 3.63) is 12.0 Å². The van der Waals surface area contributed by atoms with Crippen LogP contribution in [0.5, 0.6) is 0 Å². The first kappa shape index (κ1) is 29.6. The monoisotopic (exact) mass is 547 g/mol. The summed E-state index contributed by atoms with van der Waals surface area (Å²) in [5, 5.41) is 17.0. The Morgan fingerprint density at radius 1 is 1.38 bits per heavy atom. The second kappa shape index (κ2) is 13.2. The molecule has 0 saturated carbocycles. The number of amides is 1. The lowest BCUT2D eigenvalue weighted by Gasteiger charge is -2.28. The zero-order valence-electron chi connectivity index (χ0n) is 21.0. The smallest absolute Gasteiger partial charge is 0.386 e. The van der Waals surface area contributed by atoms with Crippen LogP contribution in [0.25, 0.3) is 0 Å². The fourth-order valence-electron chi connectivity index (χ4n) is 4.46. The summed E-state index contributed by atoms with van der Waals surface area (Å²) >= 11 is 0. The number of phosphoric acid groups is 1. The number of aliphatic imine (C=N–C) groups is 1. The van der Waals surface area contributed by atoms with Crippen LogP contribution in [0.1, 0.15) is 57.6 Å². The van der Waals surface area contributed by atoms with E-state index in [1.54, 1.807) is 0 Å². The molecule has 0 aliphatic carbocycles. The number of carbonyl (C=O) groups is 1. The average molecular weight is 548 g/mol. The Morgan fingerprint density at radius 2 is 2.14 bits per heavy atom. The standard InChI is InChI=1S/C21H38N7O8P/c1-3-12(8-15(29)24-6-5-22)7-13(4-2)35-18-14(9-34-37(31,32)33)36-21(17(18)30)28-11-27-16-19(23)25-10-26-20(16)28/h10-14,17-19,21,30H,3-9,22-23H2,1-2H3,(H,24,29)(H,25,26)(H2,31,32,33). The van der Waals surface area contributed by atoms with Crippen molar-refractivity contribution < 1.29 is 38.3 Å². The van der Waals surface area contributed by atoms with Crippen molar-refractivity contribution in [3.8, 4) is 0 Å². The predicted octanol–water partition coefficient (Wildman–Crippen LogP) is -0.293. The molecule has 0 spiro atoms. The van der Waals surface area contributed by atoms with E-state index in [0.29, 0.717) is 43.9 Å². The second-order valence-corrected chi connectivity index (χ2v) is 10.3. The van der Waals surface area contributed by atoms with Crippen LogP contribution >= 0.6 is 7.82 Å². The van der Waals surface area contributed by atoms with E-state index in [0.717, 1.165) is 6.42 Å². The lowest BCUT2D eigenvalue weighted by atomic mass is 9.93. The van der Waals surface area contributed by atoms with Crippen LogP contribution in [0.15, 0.2) is 11.3 Å². The van der Waals surface area contributed by atoms with Crippen molar-refractivity contribution in [1.29, 1.82) is 0 Å². The van der Waals surface area contributed by atoms with E-state index in [9.17, 15) is 24.3 Å².